The average molecular weight is 559 g/mol. The first-order valence-corrected chi connectivity index (χ1v) is 13.9. The number of nitriles is 1. The van der Waals surface area contributed by atoms with Crippen molar-refractivity contribution in [1.29, 1.82) is 5.26 Å². The summed E-state index contributed by atoms with van der Waals surface area (Å²) < 4.78 is 29.6. The van der Waals surface area contributed by atoms with Crippen molar-refractivity contribution in [2.45, 2.75) is 45.0 Å². The van der Waals surface area contributed by atoms with Crippen LogP contribution in [0.5, 0.6) is 5.88 Å². The van der Waals surface area contributed by atoms with Crippen molar-refractivity contribution in [1.82, 2.24) is 24.2 Å². The van der Waals surface area contributed by atoms with Crippen LogP contribution in [-0.4, -0.2) is 61.6 Å². The Hall–Kier alpha value is -4.27. The Morgan fingerprint density at radius 2 is 2.02 bits per heavy atom. The van der Waals surface area contributed by atoms with Crippen molar-refractivity contribution >= 4 is 17.0 Å². The van der Waals surface area contributed by atoms with Crippen molar-refractivity contribution in [2.75, 3.05) is 26.3 Å². The van der Waals surface area contributed by atoms with E-state index in [1.54, 1.807) is 36.4 Å². The molecule has 41 heavy (non-hydrogen) atoms. The van der Waals surface area contributed by atoms with Gasteiger partial charge in [-0.25, -0.2) is 14.2 Å². The molecule has 212 valence electrons. The molecule has 10 nitrogen and oxygen atoms in total. The molecule has 0 unspecified atom stereocenters. The van der Waals surface area contributed by atoms with Crippen LogP contribution < -0.4 is 4.74 Å². The molecule has 0 amide bonds. The molecule has 2 saturated heterocycles. The molecule has 2 aromatic carbocycles. The van der Waals surface area contributed by atoms with E-state index in [2.05, 4.69) is 14.6 Å². The number of carbonyl (C=O) groups is 1. The summed E-state index contributed by atoms with van der Waals surface area (Å²) in [5, 5.41) is 23.0. The number of aromatic carboxylic acids is 1. The Balaban J connectivity index is 1.09. The van der Waals surface area contributed by atoms with Gasteiger partial charge in [0.2, 0.25) is 5.88 Å². The number of hydrogen-bond acceptors (Lipinski definition) is 7. The minimum Gasteiger partial charge on any atom is -0.478 e. The van der Waals surface area contributed by atoms with Crippen LogP contribution in [0.3, 0.4) is 0 Å². The summed E-state index contributed by atoms with van der Waals surface area (Å²) in [7, 11) is 0. The van der Waals surface area contributed by atoms with Crippen LogP contribution in [0.1, 0.15) is 52.6 Å². The maximum atomic E-state index is 14.2. The molecule has 1 N–H and O–H groups in total. The Kier molecular flexibility index (Phi) is 7.67. The highest BCUT2D eigenvalue weighted by Gasteiger charge is 2.25. The third-order valence-corrected chi connectivity index (χ3v) is 7.98. The first kappa shape index (κ1) is 26.9. The molecule has 0 aliphatic carbocycles. The normalized spacial score (nSPS) is 18.1. The molecule has 2 aliphatic heterocycles. The summed E-state index contributed by atoms with van der Waals surface area (Å²) in [4.78, 5) is 18.9. The van der Waals surface area contributed by atoms with Crippen LogP contribution in [0.25, 0.3) is 11.0 Å². The highest BCUT2D eigenvalue weighted by molar-refractivity contribution is 5.92. The summed E-state index contributed by atoms with van der Waals surface area (Å²) in [5.74, 6) is 0.346. The molecule has 2 aromatic heterocycles. The van der Waals surface area contributed by atoms with E-state index in [4.69, 9.17) is 19.7 Å². The number of likely N-dealkylation sites (tertiary alicyclic amines) is 1. The number of carboxylic acid groups (broad SMARTS) is 1. The second kappa shape index (κ2) is 11.7. The minimum atomic E-state index is -0.943. The van der Waals surface area contributed by atoms with Gasteiger partial charge in [0.25, 0.3) is 0 Å². The van der Waals surface area contributed by atoms with E-state index in [0.29, 0.717) is 30.5 Å². The van der Waals surface area contributed by atoms with E-state index in [1.165, 1.54) is 6.07 Å². The number of rotatable bonds is 9. The zero-order valence-electron chi connectivity index (χ0n) is 22.6. The lowest BCUT2D eigenvalue weighted by molar-refractivity contribution is 0.0697. The van der Waals surface area contributed by atoms with Crippen LogP contribution in [0.15, 0.2) is 48.7 Å². The number of aromatic nitrogens is 4. The monoisotopic (exact) mass is 558 g/mol. The van der Waals surface area contributed by atoms with Gasteiger partial charge in [0.1, 0.15) is 18.2 Å². The van der Waals surface area contributed by atoms with Crippen LogP contribution in [-0.2, 0) is 24.4 Å². The van der Waals surface area contributed by atoms with E-state index < -0.39 is 11.8 Å². The molecule has 4 aromatic rings. The van der Waals surface area contributed by atoms with Gasteiger partial charge in [0.05, 0.1) is 47.4 Å². The fourth-order valence-corrected chi connectivity index (χ4v) is 5.64. The highest BCUT2D eigenvalue weighted by Crippen LogP contribution is 2.27. The Bertz CT molecular complexity index is 1590. The third kappa shape index (κ3) is 5.94. The van der Waals surface area contributed by atoms with Crippen molar-refractivity contribution in [3.8, 4) is 11.9 Å². The number of hydrogen-bond donors (Lipinski definition) is 1. The van der Waals surface area contributed by atoms with Crippen LogP contribution in [0.4, 0.5) is 4.39 Å². The highest BCUT2D eigenvalue weighted by atomic mass is 19.1. The fourth-order valence-electron chi connectivity index (χ4n) is 5.64. The maximum Gasteiger partial charge on any atom is 0.335 e. The smallest absolute Gasteiger partial charge is 0.335 e. The van der Waals surface area contributed by atoms with E-state index in [-0.39, 0.29) is 23.8 Å². The van der Waals surface area contributed by atoms with Gasteiger partial charge in [0.15, 0.2) is 0 Å². The fraction of sp³-hybridized carbons (Fsp3) is 0.400. The van der Waals surface area contributed by atoms with Crippen molar-refractivity contribution < 1.29 is 23.8 Å². The summed E-state index contributed by atoms with van der Waals surface area (Å²) >= 11 is 0. The number of nitrogens with zero attached hydrogens (tertiary/aromatic N) is 6. The van der Waals surface area contributed by atoms with Gasteiger partial charge >= 0.3 is 5.97 Å². The van der Waals surface area contributed by atoms with Crippen LogP contribution in [0, 0.1) is 23.1 Å². The largest absolute Gasteiger partial charge is 0.478 e. The number of halogens is 1. The minimum absolute atomic E-state index is 0.0366. The van der Waals surface area contributed by atoms with Crippen molar-refractivity contribution in [3.63, 3.8) is 0 Å². The molecule has 0 spiro atoms. The van der Waals surface area contributed by atoms with E-state index in [1.807, 2.05) is 16.9 Å². The lowest BCUT2D eigenvalue weighted by atomic mass is 10.1. The second-order valence-electron chi connectivity index (χ2n) is 10.7. The molecular weight excluding hydrogens is 527 g/mol. The van der Waals surface area contributed by atoms with Crippen molar-refractivity contribution in [3.05, 3.63) is 77.0 Å². The van der Waals surface area contributed by atoms with E-state index in [9.17, 15) is 14.3 Å². The number of imidazole rings is 1. The maximum absolute atomic E-state index is 14.2. The number of ether oxygens (including phenoxy) is 2. The molecule has 11 heteroatoms. The second-order valence-corrected chi connectivity index (χ2v) is 10.7. The van der Waals surface area contributed by atoms with Gasteiger partial charge in [-0.15, -0.1) is 5.10 Å². The summed E-state index contributed by atoms with van der Waals surface area (Å²) in [6.45, 7) is 4.68. The zero-order chi connectivity index (χ0) is 28.3. The van der Waals surface area contributed by atoms with Gasteiger partial charge < -0.3 is 19.1 Å². The molecular formula is C30H31FN6O4. The van der Waals surface area contributed by atoms with E-state index in [0.717, 1.165) is 62.4 Å². The molecule has 6 rings (SSSR count). The van der Waals surface area contributed by atoms with Crippen LogP contribution in [0.2, 0.25) is 0 Å². The molecule has 0 radical (unpaired) electrons. The lowest BCUT2D eigenvalue weighted by Gasteiger charge is -2.32. The molecule has 0 saturated carbocycles. The van der Waals surface area contributed by atoms with Gasteiger partial charge in [-0.3, -0.25) is 9.58 Å². The van der Waals surface area contributed by atoms with Crippen LogP contribution >= 0.6 is 0 Å². The zero-order valence-corrected chi connectivity index (χ0v) is 22.6. The summed E-state index contributed by atoms with van der Waals surface area (Å²) in [6, 6.07) is 13.4. The first-order chi connectivity index (χ1) is 20.0. The molecule has 1 atom stereocenters. The van der Waals surface area contributed by atoms with Gasteiger partial charge in [-0.1, -0.05) is 6.07 Å². The van der Waals surface area contributed by atoms with Gasteiger partial charge in [-0.05, 0) is 49.6 Å². The molecule has 2 aliphatic rings. The molecule has 2 fully saturated rings. The Morgan fingerprint density at radius 1 is 1.17 bits per heavy atom. The predicted molar refractivity (Wildman–Crippen MR) is 147 cm³/mol. The first-order valence-electron chi connectivity index (χ1n) is 13.9. The quantitative estimate of drug-likeness (QED) is 0.321. The Morgan fingerprint density at radius 3 is 2.76 bits per heavy atom. The van der Waals surface area contributed by atoms with Gasteiger partial charge in [0, 0.05) is 50.0 Å². The standard InChI is InChI=1S/C30H31FN6O4/c31-25-13-20(15-32)1-2-23(25)19-41-29-7-11-37(34-29)24-5-9-35(10-6-24)17-28-33-26-4-3-22(30(38)39)14-27(26)36(28)16-21-8-12-40-18-21/h1-4,7,11,13-14,21,24H,5-6,8-10,12,16-19H2,(H,38,39)/t21-/m1/s1. The summed E-state index contributed by atoms with van der Waals surface area (Å²) in [6.07, 6.45) is 4.70. The molecule has 0 bridgehead atoms. The average Bonchev–Trinajstić information content (AvgIpc) is 3.74. The topological polar surface area (TPSA) is 118 Å². The third-order valence-electron chi connectivity index (χ3n) is 7.98. The molecule has 4 heterocycles. The van der Waals surface area contributed by atoms with Gasteiger partial charge in [-0.2, -0.15) is 5.26 Å². The Labute approximate surface area is 236 Å². The lowest BCUT2D eigenvalue weighted by Crippen LogP contribution is -2.35. The number of fused-ring (bicyclic) bond motifs is 1. The SMILES string of the molecule is N#Cc1ccc(COc2ccn(C3CCN(Cc4nc5ccc(C(=O)O)cc5n4C[C@H]4CCOC4)CC3)n2)c(F)c1. The summed E-state index contributed by atoms with van der Waals surface area (Å²) in [5.41, 5.74) is 2.57. The van der Waals surface area contributed by atoms with E-state index >= 15 is 0 Å². The number of piperidine rings is 1. The number of carboxylic acids is 1. The number of benzene rings is 2. The van der Waals surface area contributed by atoms with Crippen molar-refractivity contribution in [2.24, 2.45) is 5.92 Å². The predicted octanol–water partition coefficient (Wildman–Crippen LogP) is 4.39.